The van der Waals surface area contributed by atoms with Crippen LogP contribution < -0.4 is 0 Å². The Kier molecular flexibility index (Phi) is 45.6. The maximum Gasteiger partial charge on any atom is 0.303 e. The molecule has 0 amide bonds. The standard InChI is InChI=1S/C11H19O5P.C11H23O3P.C9H19O6P/c1-2-11(12)5-10-17(8-3-6-15-13)9-4-7-16-14;1-3-8-15(10-5-7-14-13)9-4-6-11(2)12;10-9(11)3-8-16(6-1-4-14-12)7-2-5-15-13/h1,13-14H,3-10H2;13H,3-10H2,1-2H3;12-13H,1-8H2,(H,10,11). The topological polar surface area (TPSA) is 219 Å². The average molecular weight is 751 g/mol. The van der Waals surface area contributed by atoms with Crippen molar-refractivity contribution in [3.8, 4) is 12.3 Å². The monoisotopic (exact) mass is 750 g/mol. The molecule has 0 spiro atoms. The molecule has 1 unspecified atom stereocenters. The van der Waals surface area contributed by atoms with Crippen LogP contribution in [0.4, 0.5) is 0 Å². The third-order valence-corrected chi connectivity index (χ3v) is 15.0. The van der Waals surface area contributed by atoms with Gasteiger partial charge in [-0.05, 0) is 107 Å². The quantitative estimate of drug-likeness (QED) is 0.0106. The zero-order valence-corrected chi connectivity index (χ0v) is 31.5. The Morgan fingerprint density at radius 1 is 0.542 bits per heavy atom. The van der Waals surface area contributed by atoms with Gasteiger partial charge in [-0.1, -0.05) is 13.3 Å². The van der Waals surface area contributed by atoms with Crippen molar-refractivity contribution in [2.24, 2.45) is 0 Å². The third kappa shape index (κ3) is 43.3. The van der Waals surface area contributed by atoms with Gasteiger partial charge in [-0.3, -0.25) is 35.9 Å². The maximum absolute atomic E-state index is 11.0. The SMILES string of the molecule is C#CC(=O)CCP(CCCOO)CCCOO.CCCP(CCCOO)CCCC(C)=O.O=C(O)CCP(CCCOO)CCCOO. The van der Waals surface area contributed by atoms with Gasteiger partial charge in [0.15, 0.2) is 0 Å². The van der Waals surface area contributed by atoms with Crippen LogP contribution in [0.3, 0.4) is 0 Å². The number of hydrogen-bond acceptors (Lipinski definition) is 13. The number of ketones is 2. The molecule has 17 heteroatoms. The van der Waals surface area contributed by atoms with Crippen LogP contribution in [0, 0.1) is 12.3 Å². The van der Waals surface area contributed by atoms with E-state index in [1.54, 1.807) is 6.92 Å². The molecule has 0 saturated carbocycles. The summed E-state index contributed by atoms with van der Waals surface area (Å²) in [6.45, 7) is 5.46. The molecular weight excluding hydrogens is 689 g/mol. The van der Waals surface area contributed by atoms with Gasteiger partial charge in [0.1, 0.15) is 5.78 Å². The molecule has 0 heterocycles. The summed E-state index contributed by atoms with van der Waals surface area (Å²) in [5.41, 5.74) is 0. The van der Waals surface area contributed by atoms with Crippen molar-refractivity contribution in [1.82, 2.24) is 0 Å². The van der Waals surface area contributed by atoms with E-state index in [-0.39, 0.29) is 49.2 Å². The lowest BCUT2D eigenvalue weighted by atomic mass is 10.3. The molecule has 0 aromatic heterocycles. The summed E-state index contributed by atoms with van der Waals surface area (Å²) in [5.74, 6) is 1.43. The van der Waals surface area contributed by atoms with E-state index < -0.39 is 5.97 Å². The van der Waals surface area contributed by atoms with Gasteiger partial charge < -0.3 is 9.90 Å². The van der Waals surface area contributed by atoms with Gasteiger partial charge in [-0.25, -0.2) is 24.4 Å². The molecule has 48 heavy (non-hydrogen) atoms. The van der Waals surface area contributed by atoms with Crippen molar-refractivity contribution in [3.63, 3.8) is 0 Å². The summed E-state index contributed by atoms with van der Waals surface area (Å²) in [4.78, 5) is 52.3. The molecule has 0 aliphatic rings. The molecule has 0 saturated heterocycles. The maximum atomic E-state index is 11.0. The first-order chi connectivity index (χ1) is 23.1. The minimum absolute atomic E-state index is 0.0536. The first-order valence-electron chi connectivity index (χ1n) is 16.3. The summed E-state index contributed by atoms with van der Waals surface area (Å²) in [7, 11) is -0.647. The van der Waals surface area contributed by atoms with E-state index in [9.17, 15) is 14.4 Å². The number of hydrogen-bond donors (Lipinski definition) is 6. The van der Waals surface area contributed by atoms with Gasteiger partial charge in [-0.2, -0.15) is 0 Å². The van der Waals surface area contributed by atoms with E-state index in [2.05, 4.69) is 37.3 Å². The number of aliphatic carboxylic acids is 1. The predicted molar refractivity (Wildman–Crippen MR) is 191 cm³/mol. The highest BCUT2D eigenvalue weighted by Gasteiger charge is 2.11. The Labute approximate surface area is 290 Å². The minimum atomic E-state index is -0.788. The van der Waals surface area contributed by atoms with Crippen LogP contribution in [0.15, 0.2) is 0 Å². The van der Waals surface area contributed by atoms with Crippen molar-refractivity contribution in [1.29, 1.82) is 0 Å². The smallest absolute Gasteiger partial charge is 0.303 e. The van der Waals surface area contributed by atoms with Crippen LogP contribution in [-0.4, -0.2) is 137 Å². The van der Waals surface area contributed by atoms with Crippen LogP contribution in [0.5, 0.6) is 0 Å². The lowest BCUT2D eigenvalue weighted by Gasteiger charge is -2.16. The van der Waals surface area contributed by atoms with Crippen LogP contribution in [-0.2, 0) is 38.8 Å². The molecule has 284 valence electrons. The van der Waals surface area contributed by atoms with E-state index in [4.69, 9.17) is 37.8 Å². The molecule has 1 atom stereocenters. The predicted octanol–water partition coefficient (Wildman–Crippen LogP) is 6.65. The Morgan fingerprint density at radius 3 is 1.17 bits per heavy atom. The fourth-order valence-electron chi connectivity index (χ4n) is 4.22. The fourth-order valence-corrected chi connectivity index (χ4v) is 11.4. The van der Waals surface area contributed by atoms with Crippen molar-refractivity contribution in [3.05, 3.63) is 0 Å². The van der Waals surface area contributed by atoms with Gasteiger partial charge >= 0.3 is 5.97 Å². The molecule has 0 aromatic carbocycles. The highest BCUT2D eigenvalue weighted by molar-refractivity contribution is 7.58. The molecule has 6 N–H and O–H groups in total. The summed E-state index contributed by atoms with van der Waals surface area (Å²) in [6, 6.07) is 0. The van der Waals surface area contributed by atoms with Gasteiger partial charge in [0.05, 0.1) is 33.0 Å². The molecule has 0 radical (unpaired) electrons. The largest absolute Gasteiger partial charge is 0.481 e. The van der Waals surface area contributed by atoms with Gasteiger partial charge in [0, 0.05) is 19.3 Å². The van der Waals surface area contributed by atoms with E-state index >= 15 is 0 Å². The van der Waals surface area contributed by atoms with Gasteiger partial charge in [0.25, 0.3) is 0 Å². The number of carboxylic acid groups (broad SMARTS) is 1. The summed E-state index contributed by atoms with van der Waals surface area (Å²) in [6.07, 6.45) is 21.1. The summed E-state index contributed by atoms with van der Waals surface area (Å²) < 4.78 is 0. The van der Waals surface area contributed by atoms with E-state index in [1.807, 2.05) is 0 Å². The first-order valence-corrected chi connectivity index (χ1v) is 22.0. The van der Waals surface area contributed by atoms with Crippen molar-refractivity contribution in [2.75, 3.05) is 88.5 Å². The Balaban J connectivity index is -0.000000634. The average Bonchev–Trinajstić information content (AvgIpc) is 3.06. The Bertz CT molecular complexity index is 753. The second kappa shape index (κ2) is 42.4. The zero-order chi connectivity index (χ0) is 36.7. The molecule has 14 nitrogen and oxygen atoms in total. The number of Topliss-reactive ketones (excluding diaryl/α,β-unsaturated/α-hetero) is 2. The second-order valence-corrected chi connectivity index (χ2v) is 18.8. The Morgan fingerprint density at radius 2 is 0.875 bits per heavy atom. The zero-order valence-electron chi connectivity index (χ0n) is 28.8. The number of carbonyl (C=O) groups excluding carboxylic acids is 2. The lowest BCUT2D eigenvalue weighted by Crippen LogP contribution is -2.05. The number of carboxylic acids is 1. The molecule has 0 aliphatic heterocycles. The highest BCUT2D eigenvalue weighted by atomic mass is 31.1. The first kappa shape index (κ1) is 51.6. The molecule has 0 bridgehead atoms. The number of carbonyl (C=O) groups is 3. The number of terminal acetylenes is 1. The van der Waals surface area contributed by atoms with Crippen LogP contribution in [0.2, 0.25) is 0 Å². The van der Waals surface area contributed by atoms with Gasteiger partial charge in [-0.15, -0.1) is 30.2 Å². The van der Waals surface area contributed by atoms with Crippen LogP contribution >= 0.6 is 23.8 Å². The fraction of sp³-hybridized carbons (Fsp3) is 0.839. The van der Waals surface area contributed by atoms with Gasteiger partial charge in [0.2, 0.25) is 5.78 Å². The van der Waals surface area contributed by atoms with Crippen molar-refractivity contribution >= 4 is 41.3 Å². The third-order valence-electron chi connectivity index (χ3n) is 6.55. The minimum Gasteiger partial charge on any atom is -0.481 e. The lowest BCUT2D eigenvalue weighted by molar-refractivity contribution is -0.242. The normalized spacial score (nSPS) is 11.3. The van der Waals surface area contributed by atoms with Crippen LogP contribution in [0.1, 0.15) is 78.1 Å². The number of rotatable bonds is 32. The molecule has 0 aromatic rings. The molecule has 0 rings (SSSR count). The van der Waals surface area contributed by atoms with E-state index in [1.165, 1.54) is 18.7 Å². The Hall–Kier alpha value is -0.740. The molecule has 0 fully saturated rings. The van der Waals surface area contributed by atoms with Crippen LogP contribution in [0.25, 0.3) is 0 Å². The van der Waals surface area contributed by atoms with E-state index in [0.717, 1.165) is 81.9 Å². The van der Waals surface area contributed by atoms with Crippen molar-refractivity contribution < 1.29 is 70.2 Å². The summed E-state index contributed by atoms with van der Waals surface area (Å²) in [5, 5.41) is 49.6. The highest BCUT2D eigenvalue weighted by Crippen LogP contribution is 2.39. The second-order valence-electron chi connectivity index (χ2n) is 10.7. The molecule has 0 aliphatic carbocycles. The van der Waals surface area contributed by atoms with Crippen molar-refractivity contribution in [2.45, 2.75) is 78.1 Å². The molecular formula is C31H61O14P3. The van der Waals surface area contributed by atoms with E-state index in [0.29, 0.717) is 38.2 Å². The summed E-state index contributed by atoms with van der Waals surface area (Å²) >= 11 is 0.